The average molecular weight is 154 g/mol. The molecular weight excluding hydrogens is 144 g/mol. The third-order valence-corrected chi connectivity index (χ3v) is 1.03. The smallest absolute Gasteiger partial charge is 0.197 e. The van der Waals surface area contributed by atoms with E-state index in [1.54, 1.807) is 12.1 Å². The summed E-state index contributed by atoms with van der Waals surface area (Å²) in [6, 6.07) is 8.99. The molecule has 60 valence electrons. The molecule has 1 atom stereocenters. The van der Waals surface area contributed by atoms with E-state index < -0.39 is 6.29 Å². The Labute approximate surface area is 65.1 Å². The van der Waals surface area contributed by atoms with Crippen LogP contribution in [0.4, 0.5) is 0 Å². The SMILES string of the molecule is CC(O)OOc1ccccc1. The van der Waals surface area contributed by atoms with Crippen molar-refractivity contribution in [1.29, 1.82) is 0 Å². The Morgan fingerprint density at radius 2 is 1.91 bits per heavy atom. The molecule has 1 aromatic carbocycles. The van der Waals surface area contributed by atoms with Crippen LogP contribution < -0.4 is 4.89 Å². The second-order valence-corrected chi connectivity index (χ2v) is 2.09. The van der Waals surface area contributed by atoms with Gasteiger partial charge in [0.15, 0.2) is 12.0 Å². The van der Waals surface area contributed by atoms with Crippen LogP contribution in [0.5, 0.6) is 5.75 Å². The predicted octanol–water partition coefficient (Wildman–Crippen LogP) is 1.34. The van der Waals surface area contributed by atoms with Crippen molar-refractivity contribution in [2.24, 2.45) is 0 Å². The van der Waals surface area contributed by atoms with E-state index in [-0.39, 0.29) is 0 Å². The highest BCUT2D eigenvalue weighted by atomic mass is 17.2. The Bertz CT molecular complexity index is 196. The summed E-state index contributed by atoms with van der Waals surface area (Å²) in [5.74, 6) is 0.577. The fourth-order valence-corrected chi connectivity index (χ4v) is 0.601. The Morgan fingerprint density at radius 3 is 2.45 bits per heavy atom. The fraction of sp³-hybridized carbons (Fsp3) is 0.250. The van der Waals surface area contributed by atoms with Gasteiger partial charge in [-0.2, -0.15) is 4.89 Å². The van der Waals surface area contributed by atoms with Crippen molar-refractivity contribution < 1.29 is 14.9 Å². The molecule has 0 aromatic heterocycles. The number of aliphatic hydroxyl groups is 1. The minimum Gasteiger partial charge on any atom is -0.365 e. The van der Waals surface area contributed by atoms with Crippen LogP contribution in [0, 0.1) is 0 Å². The first-order valence-electron chi connectivity index (χ1n) is 3.35. The topological polar surface area (TPSA) is 38.7 Å². The van der Waals surface area contributed by atoms with Crippen LogP contribution in [0.2, 0.25) is 0 Å². The van der Waals surface area contributed by atoms with Gasteiger partial charge < -0.3 is 9.99 Å². The summed E-state index contributed by atoms with van der Waals surface area (Å²) in [7, 11) is 0. The molecule has 3 nitrogen and oxygen atoms in total. The van der Waals surface area contributed by atoms with Gasteiger partial charge in [-0.3, -0.25) is 0 Å². The summed E-state index contributed by atoms with van der Waals surface area (Å²) in [5.41, 5.74) is 0. The van der Waals surface area contributed by atoms with Crippen molar-refractivity contribution in [3.63, 3.8) is 0 Å². The Kier molecular flexibility index (Phi) is 2.89. The van der Waals surface area contributed by atoms with Crippen molar-refractivity contribution in [3.8, 4) is 5.75 Å². The van der Waals surface area contributed by atoms with E-state index in [1.165, 1.54) is 6.92 Å². The molecule has 0 aliphatic heterocycles. The van der Waals surface area contributed by atoms with Gasteiger partial charge >= 0.3 is 0 Å². The van der Waals surface area contributed by atoms with Crippen molar-refractivity contribution in [2.45, 2.75) is 13.2 Å². The maximum Gasteiger partial charge on any atom is 0.197 e. The van der Waals surface area contributed by atoms with Gasteiger partial charge in [0.05, 0.1) is 0 Å². The molecule has 0 spiro atoms. The lowest BCUT2D eigenvalue weighted by Gasteiger charge is -2.05. The molecular formula is C8H10O3. The Hall–Kier alpha value is -1.06. The van der Waals surface area contributed by atoms with Crippen molar-refractivity contribution >= 4 is 0 Å². The van der Waals surface area contributed by atoms with Crippen LogP contribution in [0.25, 0.3) is 0 Å². The zero-order valence-corrected chi connectivity index (χ0v) is 6.23. The van der Waals surface area contributed by atoms with Gasteiger partial charge in [-0.1, -0.05) is 18.2 Å². The molecule has 0 saturated carbocycles. The van der Waals surface area contributed by atoms with Gasteiger partial charge in [-0.15, -0.1) is 0 Å². The highest BCUT2D eigenvalue weighted by Gasteiger charge is 1.96. The molecule has 0 aliphatic carbocycles. The highest BCUT2D eigenvalue weighted by molar-refractivity contribution is 5.20. The molecule has 0 radical (unpaired) electrons. The molecule has 1 aromatic rings. The summed E-state index contributed by atoms with van der Waals surface area (Å²) in [5, 5.41) is 8.67. The third-order valence-electron chi connectivity index (χ3n) is 1.03. The number of benzene rings is 1. The van der Waals surface area contributed by atoms with Crippen LogP contribution in [0.15, 0.2) is 30.3 Å². The largest absolute Gasteiger partial charge is 0.365 e. The van der Waals surface area contributed by atoms with Crippen LogP contribution in [-0.4, -0.2) is 11.4 Å². The van der Waals surface area contributed by atoms with E-state index in [1.807, 2.05) is 18.2 Å². The van der Waals surface area contributed by atoms with Gasteiger partial charge in [-0.25, -0.2) is 0 Å². The molecule has 1 rings (SSSR count). The standard InChI is InChI=1S/C8H10O3/c1-7(9)10-11-8-5-3-2-4-6-8/h2-7,9H,1H3. The number of hydrogen-bond donors (Lipinski definition) is 1. The minimum atomic E-state index is -0.907. The van der Waals surface area contributed by atoms with Crippen LogP contribution in [0.1, 0.15) is 6.92 Å². The Balaban J connectivity index is 2.39. The van der Waals surface area contributed by atoms with E-state index in [0.717, 1.165) is 0 Å². The second kappa shape index (κ2) is 3.95. The van der Waals surface area contributed by atoms with E-state index in [9.17, 15) is 0 Å². The molecule has 0 saturated heterocycles. The van der Waals surface area contributed by atoms with Crippen molar-refractivity contribution in [1.82, 2.24) is 0 Å². The molecule has 0 amide bonds. The minimum absolute atomic E-state index is 0.577. The molecule has 0 aliphatic rings. The summed E-state index contributed by atoms with van der Waals surface area (Å²) < 4.78 is 0. The van der Waals surface area contributed by atoms with Gasteiger partial charge in [-0.05, 0) is 19.1 Å². The van der Waals surface area contributed by atoms with Crippen LogP contribution >= 0.6 is 0 Å². The number of para-hydroxylation sites is 1. The molecule has 0 heterocycles. The zero-order valence-electron chi connectivity index (χ0n) is 6.23. The number of hydrogen-bond acceptors (Lipinski definition) is 3. The lowest BCUT2D eigenvalue weighted by molar-refractivity contribution is -0.298. The fourth-order valence-electron chi connectivity index (χ4n) is 0.601. The summed E-state index contributed by atoms with van der Waals surface area (Å²) in [6.07, 6.45) is -0.907. The van der Waals surface area contributed by atoms with Crippen LogP contribution in [0.3, 0.4) is 0 Å². The first kappa shape index (κ1) is 8.04. The first-order valence-corrected chi connectivity index (χ1v) is 3.35. The summed E-state index contributed by atoms with van der Waals surface area (Å²) in [6.45, 7) is 1.48. The molecule has 11 heavy (non-hydrogen) atoms. The molecule has 0 fully saturated rings. The second-order valence-electron chi connectivity index (χ2n) is 2.09. The Morgan fingerprint density at radius 1 is 1.27 bits per heavy atom. The predicted molar refractivity (Wildman–Crippen MR) is 39.8 cm³/mol. The number of aliphatic hydroxyl groups excluding tert-OH is 1. The molecule has 0 bridgehead atoms. The monoisotopic (exact) mass is 154 g/mol. The normalized spacial score (nSPS) is 12.5. The molecule has 3 heteroatoms. The maximum absolute atomic E-state index is 8.67. The maximum atomic E-state index is 8.67. The van der Waals surface area contributed by atoms with E-state index >= 15 is 0 Å². The van der Waals surface area contributed by atoms with Gasteiger partial charge in [0.2, 0.25) is 0 Å². The quantitative estimate of drug-likeness (QED) is 0.405. The van der Waals surface area contributed by atoms with Gasteiger partial charge in [0.1, 0.15) is 0 Å². The van der Waals surface area contributed by atoms with Gasteiger partial charge in [0, 0.05) is 0 Å². The average Bonchev–Trinajstić information content (AvgIpc) is 2.03. The third kappa shape index (κ3) is 3.02. The van der Waals surface area contributed by atoms with Crippen molar-refractivity contribution in [3.05, 3.63) is 30.3 Å². The number of rotatable bonds is 3. The van der Waals surface area contributed by atoms with E-state index in [2.05, 4.69) is 4.89 Å². The zero-order chi connectivity index (χ0) is 8.10. The molecule has 1 unspecified atom stereocenters. The van der Waals surface area contributed by atoms with Crippen LogP contribution in [-0.2, 0) is 4.89 Å². The lowest BCUT2D eigenvalue weighted by Crippen LogP contribution is -2.09. The molecule has 1 N–H and O–H groups in total. The van der Waals surface area contributed by atoms with Gasteiger partial charge in [0.25, 0.3) is 0 Å². The van der Waals surface area contributed by atoms with Crippen molar-refractivity contribution in [2.75, 3.05) is 0 Å². The lowest BCUT2D eigenvalue weighted by atomic mass is 10.3. The van der Waals surface area contributed by atoms with E-state index in [0.29, 0.717) is 5.75 Å². The summed E-state index contributed by atoms with van der Waals surface area (Å²) in [4.78, 5) is 9.20. The summed E-state index contributed by atoms with van der Waals surface area (Å²) >= 11 is 0. The first-order chi connectivity index (χ1) is 5.29. The van der Waals surface area contributed by atoms with E-state index in [4.69, 9.17) is 9.99 Å². The highest BCUT2D eigenvalue weighted by Crippen LogP contribution is 2.08.